The van der Waals surface area contributed by atoms with Crippen molar-refractivity contribution in [1.29, 1.82) is 0 Å². The van der Waals surface area contributed by atoms with Gasteiger partial charge in [-0.25, -0.2) is 9.69 Å². The number of amides is 2. The third-order valence-electron chi connectivity index (χ3n) is 5.59. The first-order valence-corrected chi connectivity index (χ1v) is 11.4. The van der Waals surface area contributed by atoms with Crippen LogP contribution < -0.4 is 19.7 Å². The minimum absolute atomic E-state index is 0.0291. The molecule has 8 heteroatoms. The topological polar surface area (TPSA) is 84.9 Å². The fraction of sp³-hybridized carbons (Fsp3) is 0.148. The molecule has 0 atom stereocenters. The SMILES string of the molecule is CCOc1ccccc1OC(=O)c1ccc(NC2=C(Cl)C(=O)N(c3cccc(C)c3C)C2=O)cc1. The molecule has 0 aromatic heterocycles. The van der Waals surface area contributed by atoms with Gasteiger partial charge in [-0.15, -0.1) is 0 Å². The Kier molecular flexibility index (Phi) is 6.89. The zero-order valence-corrected chi connectivity index (χ0v) is 20.2. The van der Waals surface area contributed by atoms with Crippen molar-refractivity contribution >= 4 is 40.8 Å². The normalized spacial score (nSPS) is 13.3. The zero-order valence-electron chi connectivity index (χ0n) is 19.4. The van der Waals surface area contributed by atoms with E-state index in [2.05, 4.69) is 5.32 Å². The highest BCUT2D eigenvalue weighted by Gasteiger charge is 2.39. The fourth-order valence-electron chi connectivity index (χ4n) is 3.61. The van der Waals surface area contributed by atoms with Crippen molar-refractivity contribution in [2.45, 2.75) is 20.8 Å². The number of rotatable bonds is 7. The lowest BCUT2D eigenvalue weighted by Crippen LogP contribution is -2.33. The highest BCUT2D eigenvalue weighted by atomic mass is 35.5. The van der Waals surface area contributed by atoms with Crippen molar-refractivity contribution in [2.75, 3.05) is 16.8 Å². The summed E-state index contributed by atoms with van der Waals surface area (Å²) in [6, 6.07) is 18.6. The number of esters is 1. The smallest absolute Gasteiger partial charge is 0.343 e. The summed E-state index contributed by atoms with van der Waals surface area (Å²) >= 11 is 6.24. The molecular weight excluding hydrogens is 468 g/mol. The lowest BCUT2D eigenvalue weighted by Gasteiger charge is -2.18. The molecule has 0 fully saturated rings. The molecule has 1 aliphatic rings. The molecule has 178 valence electrons. The number of nitrogens with zero attached hydrogens (tertiary/aromatic N) is 1. The summed E-state index contributed by atoms with van der Waals surface area (Å²) in [5.41, 5.74) is 3.00. The molecule has 0 radical (unpaired) electrons. The Morgan fingerprint density at radius 3 is 2.29 bits per heavy atom. The Labute approximate surface area is 207 Å². The van der Waals surface area contributed by atoms with Crippen molar-refractivity contribution < 1.29 is 23.9 Å². The van der Waals surface area contributed by atoms with E-state index in [1.165, 1.54) is 0 Å². The molecule has 1 N–H and O–H groups in total. The van der Waals surface area contributed by atoms with Gasteiger partial charge in [0.25, 0.3) is 11.8 Å². The summed E-state index contributed by atoms with van der Waals surface area (Å²) < 4.78 is 11.0. The monoisotopic (exact) mass is 490 g/mol. The molecular formula is C27H23ClN2O5. The summed E-state index contributed by atoms with van der Waals surface area (Å²) in [6.07, 6.45) is 0. The number of carbonyl (C=O) groups is 3. The first kappa shape index (κ1) is 24.0. The van der Waals surface area contributed by atoms with Gasteiger partial charge < -0.3 is 14.8 Å². The van der Waals surface area contributed by atoms with Gasteiger partial charge in [0.05, 0.1) is 17.9 Å². The molecule has 0 aliphatic carbocycles. The molecule has 0 saturated heterocycles. The van der Waals surface area contributed by atoms with E-state index in [1.54, 1.807) is 60.7 Å². The van der Waals surface area contributed by atoms with Crippen LogP contribution in [0.5, 0.6) is 11.5 Å². The lowest BCUT2D eigenvalue weighted by atomic mass is 10.1. The van der Waals surface area contributed by atoms with E-state index < -0.39 is 17.8 Å². The Bertz CT molecular complexity index is 1350. The van der Waals surface area contributed by atoms with Crippen molar-refractivity contribution in [3.05, 3.63) is 94.1 Å². The van der Waals surface area contributed by atoms with E-state index in [-0.39, 0.29) is 10.7 Å². The quantitative estimate of drug-likeness (QED) is 0.273. The molecule has 3 aromatic rings. The van der Waals surface area contributed by atoms with E-state index in [1.807, 2.05) is 26.8 Å². The fourth-order valence-corrected chi connectivity index (χ4v) is 3.82. The minimum Gasteiger partial charge on any atom is -0.490 e. The maximum absolute atomic E-state index is 13.1. The molecule has 0 saturated carbocycles. The molecule has 35 heavy (non-hydrogen) atoms. The average Bonchev–Trinajstić information content (AvgIpc) is 3.06. The van der Waals surface area contributed by atoms with Gasteiger partial charge in [0, 0.05) is 5.69 Å². The summed E-state index contributed by atoms with van der Waals surface area (Å²) in [6.45, 7) is 6.03. The first-order valence-electron chi connectivity index (χ1n) is 11.0. The lowest BCUT2D eigenvalue weighted by molar-refractivity contribution is -0.120. The number of anilines is 2. The predicted molar refractivity (Wildman–Crippen MR) is 134 cm³/mol. The first-order chi connectivity index (χ1) is 16.8. The van der Waals surface area contributed by atoms with Gasteiger partial charge in [0.1, 0.15) is 10.7 Å². The second-order valence-electron chi connectivity index (χ2n) is 7.83. The van der Waals surface area contributed by atoms with Crippen LogP contribution in [-0.2, 0) is 9.59 Å². The highest BCUT2D eigenvalue weighted by molar-refractivity contribution is 6.53. The Morgan fingerprint density at radius 1 is 0.914 bits per heavy atom. The van der Waals surface area contributed by atoms with Crippen molar-refractivity contribution in [3.8, 4) is 11.5 Å². The molecule has 3 aromatic carbocycles. The Balaban J connectivity index is 1.50. The van der Waals surface area contributed by atoms with Crippen LogP contribution in [-0.4, -0.2) is 24.4 Å². The van der Waals surface area contributed by atoms with E-state index >= 15 is 0 Å². The van der Waals surface area contributed by atoms with Gasteiger partial charge in [-0.2, -0.15) is 0 Å². The summed E-state index contributed by atoms with van der Waals surface area (Å²) in [5.74, 6) is -0.916. The molecule has 4 rings (SSSR count). The number of carbonyl (C=O) groups excluding carboxylic acids is 3. The number of imide groups is 1. The summed E-state index contributed by atoms with van der Waals surface area (Å²) in [7, 11) is 0. The van der Waals surface area contributed by atoms with E-state index in [9.17, 15) is 14.4 Å². The Morgan fingerprint density at radius 2 is 1.60 bits per heavy atom. The second kappa shape index (κ2) is 10.0. The van der Waals surface area contributed by atoms with Crippen LogP contribution in [0.2, 0.25) is 0 Å². The number of aryl methyl sites for hydroxylation is 1. The molecule has 0 spiro atoms. The standard InChI is InChI=1S/C27H23ClN2O5/c1-4-34-21-10-5-6-11-22(21)35-27(33)18-12-14-19(15-13-18)29-24-23(28)25(31)30(26(24)32)20-9-7-8-16(2)17(20)3/h5-15,29H,4H2,1-3H3. The minimum atomic E-state index is -0.596. The highest BCUT2D eigenvalue weighted by Crippen LogP contribution is 2.33. The molecule has 0 unspecified atom stereocenters. The van der Waals surface area contributed by atoms with Crippen LogP contribution >= 0.6 is 11.6 Å². The van der Waals surface area contributed by atoms with Gasteiger partial charge in [-0.3, -0.25) is 9.59 Å². The van der Waals surface area contributed by atoms with Gasteiger partial charge in [-0.1, -0.05) is 35.9 Å². The number of halogens is 1. The summed E-state index contributed by atoms with van der Waals surface area (Å²) in [4.78, 5) is 39.5. The third-order valence-corrected chi connectivity index (χ3v) is 5.94. The average molecular weight is 491 g/mol. The Hall–Kier alpha value is -4.10. The van der Waals surface area contributed by atoms with Crippen molar-refractivity contribution in [1.82, 2.24) is 0 Å². The number of nitrogens with one attached hydrogen (secondary N) is 1. The number of benzene rings is 3. The molecule has 1 heterocycles. The van der Waals surface area contributed by atoms with Gasteiger partial charge in [0.15, 0.2) is 11.5 Å². The van der Waals surface area contributed by atoms with Crippen molar-refractivity contribution in [3.63, 3.8) is 0 Å². The van der Waals surface area contributed by atoms with Gasteiger partial charge >= 0.3 is 5.97 Å². The third kappa shape index (κ3) is 4.76. The maximum atomic E-state index is 13.1. The van der Waals surface area contributed by atoms with Crippen LogP contribution in [0.25, 0.3) is 0 Å². The second-order valence-corrected chi connectivity index (χ2v) is 8.20. The van der Waals surface area contributed by atoms with E-state index in [0.29, 0.717) is 35.0 Å². The summed E-state index contributed by atoms with van der Waals surface area (Å²) in [5, 5.41) is 2.71. The largest absolute Gasteiger partial charge is 0.490 e. The van der Waals surface area contributed by atoms with E-state index in [4.69, 9.17) is 21.1 Å². The number of para-hydroxylation sites is 2. The zero-order chi connectivity index (χ0) is 25.1. The van der Waals surface area contributed by atoms with Crippen LogP contribution in [0.15, 0.2) is 77.5 Å². The molecule has 0 bridgehead atoms. The van der Waals surface area contributed by atoms with E-state index in [0.717, 1.165) is 16.0 Å². The van der Waals surface area contributed by atoms with Gasteiger partial charge in [-0.05, 0) is 74.4 Å². The molecule has 2 amide bonds. The van der Waals surface area contributed by atoms with Crippen LogP contribution in [0.4, 0.5) is 11.4 Å². The molecule has 7 nitrogen and oxygen atoms in total. The van der Waals surface area contributed by atoms with Crippen LogP contribution in [0.3, 0.4) is 0 Å². The number of ether oxygens (including phenoxy) is 2. The molecule has 1 aliphatic heterocycles. The van der Waals surface area contributed by atoms with Gasteiger partial charge in [0.2, 0.25) is 0 Å². The number of hydrogen-bond donors (Lipinski definition) is 1. The maximum Gasteiger partial charge on any atom is 0.343 e. The van der Waals surface area contributed by atoms with Crippen LogP contribution in [0.1, 0.15) is 28.4 Å². The van der Waals surface area contributed by atoms with Crippen LogP contribution in [0, 0.1) is 13.8 Å². The predicted octanol–water partition coefficient (Wildman–Crippen LogP) is 5.36. The number of hydrogen-bond acceptors (Lipinski definition) is 6. The van der Waals surface area contributed by atoms with Crippen molar-refractivity contribution in [2.24, 2.45) is 0 Å².